The maximum absolute atomic E-state index is 12.1. The van der Waals surface area contributed by atoms with E-state index < -0.39 is 26.7 Å². The van der Waals surface area contributed by atoms with Gasteiger partial charge >= 0.3 is 0 Å². The molecule has 0 aromatic heterocycles. The molecule has 1 aromatic carbocycles. The Labute approximate surface area is 111 Å². The van der Waals surface area contributed by atoms with Gasteiger partial charge in [0.1, 0.15) is 0 Å². The van der Waals surface area contributed by atoms with Gasteiger partial charge in [0.25, 0.3) is 5.69 Å². The first kappa shape index (κ1) is 15.5. The fraction of sp³-hybridized carbons (Fsp3) is 0.455. The molecule has 0 aliphatic rings. The molecule has 1 aromatic rings. The SMILES string of the molecule is Cc1cccc([N+](=O)[O-])c1S(=O)(=O)NCCC(C)O. The van der Waals surface area contributed by atoms with Crippen molar-refractivity contribution in [2.45, 2.75) is 31.3 Å². The van der Waals surface area contributed by atoms with Crippen LogP contribution in [0.1, 0.15) is 18.9 Å². The quantitative estimate of drug-likeness (QED) is 0.598. The first-order valence-electron chi connectivity index (χ1n) is 5.67. The minimum absolute atomic E-state index is 0.0193. The number of nitrogens with zero attached hydrogens (tertiary/aromatic N) is 1. The van der Waals surface area contributed by atoms with E-state index in [1.807, 2.05) is 0 Å². The van der Waals surface area contributed by atoms with Crippen molar-refractivity contribution in [1.29, 1.82) is 0 Å². The molecule has 0 radical (unpaired) electrons. The van der Waals surface area contributed by atoms with Crippen LogP contribution in [0.25, 0.3) is 0 Å². The fourth-order valence-electron chi connectivity index (χ4n) is 1.60. The second kappa shape index (κ2) is 6.09. The molecule has 0 aliphatic heterocycles. The normalized spacial score (nSPS) is 13.2. The molecule has 106 valence electrons. The third-order valence-corrected chi connectivity index (χ3v) is 4.16. The second-order valence-electron chi connectivity index (χ2n) is 4.22. The number of hydrogen-bond donors (Lipinski definition) is 2. The summed E-state index contributed by atoms with van der Waals surface area (Å²) in [5.41, 5.74) is -0.150. The molecule has 0 aliphatic carbocycles. The highest BCUT2D eigenvalue weighted by Crippen LogP contribution is 2.26. The Morgan fingerprint density at radius 1 is 1.47 bits per heavy atom. The number of nitro benzene ring substituents is 1. The zero-order valence-electron chi connectivity index (χ0n) is 10.7. The maximum Gasteiger partial charge on any atom is 0.289 e. The lowest BCUT2D eigenvalue weighted by molar-refractivity contribution is -0.387. The smallest absolute Gasteiger partial charge is 0.289 e. The second-order valence-corrected chi connectivity index (χ2v) is 5.92. The van der Waals surface area contributed by atoms with Crippen LogP contribution in [0.15, 0.2) is 23.1 Å². The molecule has 0 amide bonds. The molecule has 1 unspecified atom stereocenters. The Kier molecular flexibility index (Phi) is 4.98. The van der Waals surface area contributed by atoms with Crippen LogP contribution < -0.4 is 4.72 Å². The predicted molar refractivity (Wildman–Crippen MR) is 69.3 cm³/mol. The highest BCUT2D eigenvalue weighted by molar-refractivity contribution is 7.89. The van der Waals surface area contributed by atoms with E-state index in [0.29, 0.717) is 5.56 Å². The topological polar surface area (TPSA) is 110 Å². The average Bonchev–Trinajstić information content (AvgIpc) is 2.27. The summed E-state index contributed by atoms with van der Waals surface area (Å²) in [4.78, 5) is 9.82. The molecule has 8 heteroatoms. The van der Waals surface area contributed by atoms with E-state index in [4.69, 9.17) is 5.11 Å². The Morgan fingerprint density at radius 3 is 2.63 bits per heavy atom. The molecular formula is C11H16N2O5S. The zero-order chi connectivity index (χ0) is 14.6. The van der Waals surface area contributed by atoms with Crippen LogP contribution in [0.3, 0.4) is 0 Å². The third-order valence-electron chi connectivity index (χ3n) is 2.51. The molecule has 0 spiro atoms. The minimum atomic E-state index is -3.97. The highest BCUT2D eigenvalue weighted by Gasteiger charge is 2.27. The van der Waals surface area contributed by atoms with Crippen LogP contribution in [0.5, 0.6) is 0 Å². The monoisotopic (exact) mass is 288 g/mol. The van der Waals surface area contributed by atoms with Gasteiger partial charge in [-0.15, -0.1) is 0 Å². The molecule has 1 atom stereocenters. The Bertz CT molecular complexity index is 568. The van der Waals surface area contributed by atoms with Crippen molar-refractivity contribution < 1.29 is 18.4 Å². The third kappa shape index (κ3) is 3.98. The lowest BCUT2D eigenvalue weighted by atomic mass is 10.2. The summed E-state index contributed by atoms with van der Waals surface area (Å²) in [6, 6.07) is 4.08. The van der Waals surface area contributed by atoms with Gasteiger partial charge in [0.15, 0.2) is 4.90 Å². The number of hydrogen-bond acceptors (Lipinski definition) is 5. The number of aryl methyl sites for hydroxylation is 1. The molecule has 0 saturated carbocycles. The average molecular weight is 288 g/mol. The standard InChI is InChI=1S/C11H16N2O5S/c1-8-4-3-5-10(13(15)16)11(8)19(17,18)12-7-6-9(2)14/h3-5,9,12,14H,6-7H2,1-2H3. The number of aliphatic hydroxyl groups excluding tert-OH is 1. The van der Waals surface area contributed by atoms with Gasteiger partial charge in [0.05, 0.1) is 11.0 Å². The van der Waals surface area contributed by atoms with E-state index in [2.05, 4.69) is 4.72 Å². The van der Waals surface area contributed by atoms with Crippen molar-refractivity contribution in [3.63, 3.8) is 0 Å². The van der Waals surface area contributed by atoms with Crippen LogP contribution in [0.2, 0.25) is 0 Å². The summed E-state index contributed by atoms with van der Waals surface area (Å²) in [5.74, 6) is 0. The number of aliphatic hydroxyl groups is 1. The summed E-state index contributed by atoms with van der Waals surface area (Å²) in [6.07, 6.45) is -0.409. The number of rotatable bonds is 6. The molecule has 0 fully saturated rings. The van der Waals surface area contributed by atoms with Gasteiger partial charge in [-0.05, 0) is 25.8 Å². The first-order chi connectivity index (χ1) is 8.75. The van der Waals surface area contributed by atoms with E-state index >= 15 is 0 Å². The van der Waals surface area contributed by atoms with E-state index in [1.54, 1.807) is 0 Å². The Balaban J connectivity index is 3.10. The van der Waals surface area contributed by atoms with E-state index in [-0.39, 0.29) is 17.9 Å². The van der Waals surface area contributed by atoms with Gasteiger partial charge in [-0.2, -0.15) is 0 Å². The van der Waals surface area contributed by atoms with Gasteiger partial charge in [0, 0.05) is 12.6 Å². The molecule has 7 nitrogen and oxygen atoms in total. The Hall–Kier alpha value is -1.51. The first-order valence-corrected chi connectivity index (χ1v) is 7.15. The summed E-state index contributed by atoms with van der Waals surface area (Å²) >= 11 is 0. The Morgan fingerprint density at radius 2 is 2.11 bits per heavy atom. The molecular weight excluding hydrogens is 272 g/mol. The lowest BCUT2D eigenvalue weighted by Crippen LogP contribution is -2.28. The summed E-state index contributed by atoms with van der Waals surface area (Å²) < 4.78 is 26.4. The zero-order valence-corrected chi connectivity index (χ0v) is 11.5. The highest BCUT2D eigenvalue weighted by atomic mass is 32.2. The van der Waals surface area contributed by atoms with Gasteiger partial charge in [-0.3, -0.25) is 10.1 Å². The molecule has 2 N–H and O–H groups in total. The number of sulfonamides is 1. The van der Waals surface area contributed by atoms with E-state index in [0.717, 1.165) is 6.07 Å². The van der Waals surface area contributed by atoms with Crippen LogP contribution in [-0.4, -0.2) is 31.1 Å². The van der Waals surface area contributed by atoms with Crippen LogP contribution in [-0.2, 0) is 10.0 Å². The summed E-state index contributed by atoms with van der Waals surface area (Å²) in [6.45, 7) is 3.05. The number of nitro groups is 1. The largest absolute Gasteiger partial charge is 0.393 e. The van der Waals surface area contributed by atoms with Crippen molar-refractivity contribution >= 4 is 15.7 Å². The van der Waals surface area contributed by atoms with Gasteiger partial charge in [-0.1, -0.05) is 12.1 Å². The van der Waals surface area contributed by atoms with Crippen molar-refractivity contribution in [3.05, 3.63) is 33.9 Å². The summed E-state index contributed by atoms with van der Waals surface area (Å²) in [7, 11) is -3.97. The van der Waals surface area contributed by atoms with Crippen LogP contribution in [0, 0.1) is 17.0 Å². The summed E-state index contributed by atoms with van der Waals surface area (Å²) in [5, 5.41) is 20.0. The van der Waals surface area contributed by atoms with Gasteiger partial charge in [0.2, 0.25) is 10.0 Å². The van der Waals surface area contributed by atoms with Crippen molar-refractivity contribution in [1.82, 2.24) is 4.72 Å². The number of nitrogens with one attached hydrogen (secondary N) is 1. The molecule has 0 saturated heterocycles. The van der Waals surface area contributed by atoms with Gasteiger partial charge < -0.3 is 5.11 Å². The van der Waals surface area contributed by atoms with Gasteiger partial charge in [-0.25, -0.2) is 13.1 Å². The van der Waals surface area contributed by atoms with Crippen molar-refractivity contribution in [3.8, 4) is 0 Å². The molecule has 19 heavy (non-hydrogen) atoms. The maximum atomic E-state index is 12.1. The van der Waals surface area contributed by atoms with Crippen LogP contribution >= 0.6 is 0 Å². The minimum Gasteiger partial charge on any atom is -0.393 e. The fourth-order valence-corrected chi connectivity index (χ4v) is 3.05. The van der Waals surface area contributed by atoms with Crippen LogP contribution in [0.4, 0.5) is 5.69 Å². The number of benzene rings is 1. The lowest BCUT2D eigenvalue weighted by Gasteiger charge is -2.10. The van der Waals surface area contributed by atoms with Crippen molar-refractivity contribution in [2.24, 2.45) is 0 Å². The van der Waals surface area contributed by atoms with E-state index in [1.165, 1.54) is 26.0 Å². The van der Waals surface area contributed by atoms with E-state index in [9.17, 15) is 18.5 Å². The predicted octanol–water partition coefficient (Wildman–Crippen LogP) is 0.952. The molecule has 0 heterocycles. The molecule has 0 bridgehead atoms. The molecule has 1 rings (SSSR count). The van der Waals surface area contributed by atoms with Crippen molar-refractivity contribution in [2.75, 3.05) is 6.54 Å².